The fourth-order valence-corrected chi connectivity index (χ4v) is 2.27. The molecular weight excluding hydrogens is 362 g/mol. The van der Waals surface area contributed by atoms with Crippen molar-refractivity contribution >= 4 is 17.8 Å². The maximum absolute atomic E-state index is 12.0. The van der Waals surface area contributed by atoms with Crippen molar-refractivity contribution in [1.29, 1.82) is 5.26 Å². The maximum atomic E-state index is 12.0. The Hall–Kier alpha value is -3.34. The van der Waals surface area contributed by atoms with Crippen molar-refractivity contribution in [3.05, 3.63) is 47.2 Å². The molecule has 8 heteroatoms. The minimum absolute atomic E-state index is 0.0475. The van der Waals surface area contributed by atoms with Gasteiger partial charge in [0, 0.05) is 25.7 Å². The zero-order valence-electron chi connectivity index (χ0n) is 15.9. The lowest BCUT2D eigenvalue weighted by Gasteiger charge is -2.06. The third-order valence-corrected chi connectivity index (χ3v) is 3.74. The molecule has 0 heterocycles. The molecule has 1 rings (SSSR count). The van der Waals surface area contributed by atoms with E-state index in [-0.39, 0.29) is 18.0 Å². The molecule has 0 bridgehead atoms. The van der Waals surface area contributed by atoms with Crippen LogP contribution in [-0.2, 0) is 20.9 Å². The van der Waals surface area contributed by atoms with E-state index in [9.17, 15) is 14.4 Å². The molecule has 0 atom stereocenters. The van der Waals surface area contributed by atoms with Gasteiger partial charge in [-0.25, -0.2) is 4.79 Å². The molecule has 28 heavy (non-hydrogen) atoms. The van der Waals surface area contributed by atoms with Crippen LogP contribution in [0.1, 0.15) is 48.5 Å². The van der Waals surface area contributed by atoms with Crippen molar-refractivity contribution < 1.29 is 24.2 Å². The van der Waals surface area contributed by atoms with Crippen LogP contribution < -0.4 is 10.6 Å². The Kier molecular flexibility index (Phi) is 10.5. The fourth-order valence-electron chi connectivity index (χ4n) is 2.27. The first kappa shape index (κ1) is 22.7. The molecule has 0 aliphatic rings. The first-order chi connectivity index (χ1) is 13.5. The van der Waals surface area contributed by atoms with Crippen molar-refractivity contribution in [2.45, 2.75) is 39.2 Å². The van der Waals surface area contributed by atoms with Gasteiger partial charge in [0.15, 0.2) is 0 Å². The Morgan fingerprint density at radius 1 is 1.18 bits per heavy atom. The quantitative estimate of drug-likeness (QED) is 0.217. The van der Waals surface area contributed by atoms with E-state index in [0.717, 1.165) is 5.56 Å². The summed E-state index contributed by atoms with van der Waals surface area (Å²) >= 11 is 0. The van der Waals surface area contributed by atoms with Crippen LogP contribution in [0.2, 0.25) is 0 Å². The SMILES string of the molecule is CCOC(=O)c1ccc(CN/C=C(/C#N)C(=O)NCCCCCC(=O)O)cc1. The molecule has 1 aromatic rings. The number of esters is 1. The molecule has 0 aromatic heterocycles. The van der Waals surface area contributed by atoms with Crippen molar-refractivity contribution in [3.8, 4) is 6.07 Å². The number of nitrogens with zero attached hydrogens (tertiary/aromatic N) is 1. The van der Waals surface area contributed by atoms with E-state index in [1.54, 1.807) is 31.2 Å². The smallest absolute Gasteiger partial charge is 0.338 e. The summed E-state index contributed by atoms with van der Waals surface area (Å²) < 4.78 is 4.91. The van der Waals surface area contributed by atoms with Crippen molar-refractivity contribution in [2.75, 3.05) is 13.2 Å². The summed E-state index contributed by atoms with van der Waals surface area (Å²) in [6.45, 7) is 2.82. The third kappa shape index (κ3) is 8.85. The van der Waals surface area contributed by atoms with E-state index in [2.05, 4.69) is 10.6 Å². The van der Waals surface area contributed by atoms with Gasteiger partial charge in [-0.3, -0.25) is 9.59 Å². The number of ether oxygens (including phenoxy) is 1. The Balaban J connectivity index is 2.40. The van der Waals surface area contributed by atoms with Crippen LogP contribution in [0.4, 0.5) is 0 Å². The second-order valence-electron chi connectivity index (χ2n) is 5.93. The molecule has 0 aliphatic carbocycles. The van der Waals surface area contributed by atoms with Crippen molar-refractivity contribution in [3.63, 3.8) is 0 Å². The summed E-state index contributed by atoms with van der Waals surface area (Å²) in [7, 11) is 0. The Morgan fingerprint density at radius 2 is 1.89 bits per heavy atom. The molecule has 8 nitrogen and oxygen atoms in total. The molecule has 0 fully saturated rings. The highest BCUT2D eigenvalue weighted by Gasteiger charge is 2.08. The number of carbonyl (C=O) groups is 3. The van der Waals surface area contributed by atoms with Gasteiger partial charge < -0.3 is 20.5 Å². The van der Waals surface area contributed by atoms with Crippen LogP contribution >= 0.6 is 0 Å². The highest BCUT2D eigenvalue weighted by atomic mass is 16.5. The Bertz CT molecular complexity index is 735. The molecule has 0 saturated heterocycles. The highest BCUT2D eigenvalue weighted by molar-refractivity contribution is 5.97. The van der Waals surface area contributed by atoms with Gasteiger partial charge in [0.2, 0.25) is 0 Å². The van der Waals surface area contributed by atoms with Gasteiger partial charge >= 0.3 is 11.9 Å². The number of carboxylic acids is 1. The molecule has 1 amide bonds. The third-order valence-electron chi connectivity index (χ3n) is 3.74. The standard InChI is InChI=1S/C20H25N3O5/c1-2-28-20(27)16-9-7-15(8-10-16)13-22-14-17(12-21)19(26)23-11-5-3-4-6-18(24)25/h7-10,14,22H,2-6,11,13H2,1H3,(H,23,26)(H,24,25)/b17-14-. The van der Waals surface area contributed by atoms with Crippen LogP contribution in [0.25, 0.3) is 0 Å². The van der Waals surface area contributed by atoms with E-state index >= 15 is 0 Å². The van der Waals surface area contributed by atoms with Crippen molar-refractivity contribution in [1.82, 2.24) is 10.6 Å². The summed E-state index contributed by atoms with van der Waals surface area (Å²) in [6, 6.07) is 8.67. The topological polar surface area (TPSA) is 129 Å². The number of hydrogen-bond acceptors (Lipinski definition) is 6. The van der Waals surface area contributed by atoms with E-state index in [1.807, 2.05) is 6.07 Å². The van der Waals surface area contributed by atoms with Gasteiger partial charge in [0.1, 0.15) is 11.6 Å². The van der Waals surface area contributed by atoms with E-state index in [4.69, 9.17) is 15.1 Å². The van der Waals surface area contributed by atoms with E-state index in [1.165, 1.54) is 6.20 Å². The lowest BCUT2D eigenvalue weighted by Crippen LogP contribution is -2.26. The minimum Gasteiger partial charge on any atom is -0.481 e. The average Bonchev–Trinajstić information content (AvgIpc) is 2.68. The number of hydrogen-bond donors (Lipinski definition) is 3. The maximum Gasteiger partial charge on any atom is 0.338 e. The lowest BCUT2D eigenvalue weighted by molar-refractivity contribution is -0.137. The van der Waals surface area contributed by atoms with Gasteiger partial charge in [-0.15, -0.1) is 0 Å². The largest absolute Gasteiger partial charge is 0.481 e. The summed E-state index contributed by atoms with van der Waals surface area (Å²) in [6.07, 6.45) is 3.36. The number of nitriles is 1. The van der Waals surface area contributed by atoms with E-state index in [0.29, 0.717) is 44.5 Å². The number of carboxylic acid groups (broad SMARTS) is 1. The molecular formula is C20H25N3O5. The van der Waals surface area contributed by atoms with Gasteiger partial charge in [0.25, 0.3) is 5.91 Å². The first-order valence-electron chi connectivity index (χ1n) is 9.07. The number of carbonyl (C=O) groups excluding carboxylic acids is 2. The van der Waals surface area contributed by atoms with Gasteiger partial charge in [-0.05, 0) is 37.5 Å². The summed E-state index contributed by atoms with van der Waals surface area (Å²) in [5, 5.41) is 23.2. The molecule has 0 aliphatic heterocycles. The van der Waals surface area contributed by atoms with Crippen LogP contribution in [-0.4, -0.2) is 36.1 Å². The molecule has 1 aromatic carbocycles. The van der Waals surface area contributed by atoms with Crippen LogP contribution in [0, 0.1) is 11.3 Å². The summed E-state index contributed by atoms with van der Waals surface area (Å²) in [4.78, 5) is 33.9. The molecule has 0 unspecified atom stereocenters. The molecule has 3 N–H and O–H groups in total. The molecule has 150 valence electrons. The normalized spacial score (nSPS) is 10.6. The molecule has 0 saturated carbocycles. The highest BCUT2D eigenvalue weighted by Crippen LogP contribution is 2.06. The number of aliphatic carboxylic acids is 1. The van der Waals surface area contributed by atoms with Gasteiger partial charge in [-0.1, -0.05) is 18.6 Å². The van der Waals surface area contributed by atoms with Crippen LogP contribution in [0.15, 0.2) is 36.0 Å². The zero-order valence-corrected chi connectivity index (χ0v) is 15.9. The van der Waals surface area contributed by atoms with Crippen LogP contribution in [0.3, 0.4) is 0 Å². The predicted octanol–water partition coefficient (Wildman–Crippen LogP) is 2.12. The first-order valence-corrected chi connectivity index (χ1v) is 9.07. The number of benzene rings is 1. The number of unbranched alkanes of at least 4 members (excludes halogenated alkanes) is 2. The lowest BCUT2D eigenvalue weighted by atomic mass is 10.1. The number of nitrogens with one attached hydrogen (secondary N) is 2. The van der Waals surface area contributed by atoms with Crippen molar-refractivity contribution in [2.24, 2.45) is 0 Å². The van der Waals surface area contributed by atoms with Crippen LogP contribution in [0.5, 0.6) is 0 Å². The van der Waals surface area contributed by atoms with Gasteiger partial charge in [0.05, 0.1) is 12.2 Å². The fraction of sp³-hybridized carbons (Fsp3) is 0.400. The average molecular weight is 387 g/mol. The molecule has 0 spiro atoms. The number of amides is 1. The predicted molar refractivity (Wildman–Crippen MR) is 102 cm³/mol. The monoisotopic (exact) mass is 387 g/mol. The summed E-state index contributed by atoms with van der Waals surface area (Å²) in [5.41, 5.74) is 1.29. The Labute approximate surface area is 164 Å². The second kappa shape index (κ2) is 12.9. The second-order valence-corrected chi connectivity index (χ2v) is 5.93. The number of rotatable bonds is 12. The Morgan fingerprint density at radius 3 is 2.50 bits per heavy atom. The zero-order chi connectivity index (χ0) is 20.8. The van der Waals surface area contributed by atoms with E-state index < -0.39 is 11.9 Å². The van der Waals surface area contributed by atoms with Gasteiger partial charge in [-0.2, -0.15) is 5.26 Å². The molecule has 0 radical (unpaired) electrons. The summed E-state index contributed by atoms with van der Waals surface area (Å²) in [5.74, 6) is -1.69. The minimum atomic E-state index is -0.833.